The van der Waals surface area contributed by atoms with Gasteiger partial charge in [0.05, 0.1) is 6.61 Å². The maximum absolute atomic E-state index is 11.6. The number of rotatable bonds is 19. The maximum Gasteiger partial charge on any atom is 0.158 e. The molecule has 4 heteroatoms. The normalized spacial score (nSPS) is 12.2. The zero-order valence-corrected chi connectivity index (χ0v) is 19.9. The molecule has 29 heavy (non-hydrogen) atoms. The fraction of sp³-hybridized carbons (Fsp3) is 0.760. The predicted octanol–water partition coefficient (Wildman–Crippen LogP) is 7.65. The van der Waals surface area contributed by atoms with Crippen molar-refractivity contribution in [3.05, 3.63) is 18.2 Å². The molecule has 1 rings (SSSR count). The van der Waals surface area contributed by atoms with Crippen molar-refractivity contribution in [1.29, 1.82) is 0 Å². The Bertz CT molecular complexity index is 508. The Kier molecular flexibility index (Phi) is 16.2. The van der Waals surface area contributed by atoms with Gasteiger partial charge in [-0.05, 0) is 17.6 Å². The fourth-order valence-corrected chi connectivity index (χ4v) is 4.27. The summed E-state index contributed by atoms with van der Waals surface area (Å²) in [4.78, 5) is 0.729. The fourth-order valence-electron chi connectivity index (χ4n) is 3.68. The topological polar surface area (TPSA) is 58.3 Å². The summed E-state index contributed by atoms with van der Waals surface area (Å²) < 4.78 is 17.4. The van der Waals surface area contributed by atoms with Gasteiger partial charge in [-0.3, -0.25) is 0 Å². The second-order valence-electron chi connectivity index (χ2n) is 8.34. The van der Waals surface area contributed by atoms with E-state index in [0.717, 1.165) is 17.1 Å². The lowest BCUT2D eigenvalue weighted by Gasteiger charge is -2.10. The monoisotopic (exact) mass is 423 g/mol. The lowest BCUT2D eigenvalue weighted by Crippen LogP contribution is -2.02. The van der Waals surface area contributed by atoms with E-state index in [2.05, 4.69) is 6.92 Å². The molecule has 0 heterocycles. The summed E-state index contributed by atoms with van der Waals surface area (Å²) in [6.07, 6.45) is 23.6. The Morgan fingerprint density at radius 1 is 0.724 bits per heavy atom. The molecule has 3 nitrogen and oxygen atoms in total. The first kappa shape index (κ1) is 26.2. The first-order chi connectivity index (χ1) is 14.1. The van der Waals surface area contributed by atoms with Crippen LogP contribution in [0.5, 0.6) is 5.75 Å². The molecule has 0 saturated heterocycles. The van der Waals surface area contributed by atoms with Crippen LogP contribution < -0.4 is 10.5 Å². The number of hydrogen-bond donors (Lipinski definition) is 1. The molecular formula is C25H45NO2S. The van der Waals surface area contributed by atoms with E-state index >= 15 is 0 Å². The number of ether oxygens (including phenoxy) is 1. The van der Waals surface area contributed by atoms with Crippen LogP contribution in [0.2, 0.25) is 0 Å². The zero-order chi connectivity index (χ0) is 21.2. The average Bonchev–Trinajstić information content (AvgIpc) is 2.70. The van der Waals surface area contributed by atoms with Gasteiger partial charge in [-0.2, -0.15) is 0 Å². The summed E-state index contributed by atoms with van der Waals surface area (Å²) in [6.45, 7) is 2.99. The van der Waals surface area contributed by atoms with Crippen molar-refractivity contribution in [2.45, 2.75) is 115 Å². The molecule has 0 aliphatic carbocycles. The van der Waals surface area contributed by atoms with E-state index in [4.69, 9.17) is 10.5 Å². The summed E-state index contributed by atoms with van der Waals surface area (Å²) in [7, 11) is 0. The molecule has 0 aliphatic heterocycles. The van der Waals surface area contributed by atoms with Gasteiger partial charge in [-0.15, -0.1) is 0 Å². The summed E-state index contributed by atoms with van der Waals surface area (Å²) in [6, 6.07) is 5.39. The van der Waals surface area contributed by atoms with E-state index in [1.165, 1.54) is 96.3 Å². The Hall–Kier alpha value is -0.870. The second-order valence-corrected chi connectivity index (χ2v) is 9.72. The Morgan fingerprint density at radius 2 is 1.17 bits per heavy atom. The molecule has 0 bridgehead atoms. The minimum atomic E-state index is -1.03. The van der Waals surface area contributed by atoms with Gasteiger partial charge in [0.1, 0.15) is 12.0 Å². The summed E-state index contributed by atoms with van der Waals surface area (Å²) in [5.74, 6) is 0.733. The highest BCUT2D eigenvalue weighted by atomic mass is 32.2. The van der Waals surface area contributed by atoms with Crippen LogP contribution in [0.25, 0.3) is 0 Å². The highest BCUT2D eigenvalue weighted by Gasteiger charge is 2.08. The van der Waals surface area contributed by atoms with Crippen LogP contribution in [-0.2, 0) is 11.2 Å². The number of nitrogen functional groups attached to an aromatic ring is 1. The minimum absolute atomic E-state index is 0.611. The molecule has 0 amide bonds. The Balaban J connectivity index is 1.86. The molecule has 2 N–H and O–H groups in total. The molecule has 0 saturated carbocycles. The molecule has 1 unspecified atom stereocenters. The molecule has 0 spiro atoms. The van der Waals surface area contributed by atoms with E-state index in [0.29, 0.717) is 12.3 Å². The quantitative estimate of drug-likeness (QED) is 0.141. The SMILES string of the molecule is CCCCCCCCCCCCCCCCCCOc1cc(N)cc([S+](C)[O-])c1. The summed E-state index contributed by atoms with van der Waals surface area (Å²) in [5, 5.41) is 0. The lowest BCUT2D eigenvalue weighted by atomic mass is 10.0. The number of nitrogens with two attached hydrogens (primary N) is 1. The van der Waals surface area contributed by atoms with Gasteiger partial charge < -0.3 is 15.0 Å². The standard InChI is InChI=1S/C25H45NO2S/c1-3-4-5-6-7-8-9-10-11-12-13-14-15-16-17-18-19-28-24-20-23(26)21-25(22-24)29(2)27/h20-22H,3-19,26H2,1-2H3. The van der Waals surface area contributed by atoms with Crippen molar-refractivity contribution in [2.24, 2.45) is 0 Å². The van der Waals surface area contributed by atoms with Crippen LogP contribution in [0.3, 0.4) is 0 Å². The van der Waals surface area contributed by atoms with Gasteiger partial charge >= 0.3 is 0 Å². The number of benzene rings is 1. The first-order valence-corrected chi connectivity index (χ1v) is 13.6. The van der Waals surface area contributed by atoms with E-state index in [1.54, 1.807) is 12.3 Å². The number of hydrogen-bond acceptors (Lipinski definition) is 3. The van der Waals surface area contributed by atoms with E-state index in [9.17, 15) is 4.55 Å². The van der Waals surface area contributed by atoms with Crippen molar-refractivity contribution in [1.82, 2.24) is 0 Å². The highest BCUT2D eigenvalue weighted by molar-refractivity contribution is 7.90. The molecule has 1 atom stereocenters. The Morgan fingerprint density at radius 3 is 1.62 bits per heavy atom. The number of unbranched alkanes of at least 4 members (excludes halogenated alkanes) is 15. The third kappa shape index (κ3) is 14.7. The predicted molar refractivity (Wildman–Crippen MR) is 128 cm³/mol. The third-order valence-corrected chi connectivity index (χ3v) is 6.40. The molecule has 1 aromatic carbocycles. The highest BCUT2D eigenvalue weighted by Crippen LogP contribution is 2.22. The van der Waals surface area contributed by atoms with Crippen LogP contribution in [0.1, 0.15) is 110 Å². The molecule has 168 valence electrons. The van der Waals surface area contributed by atoms with Gasteiger partial charge in [0.25, 0.3) is 0 Å². The van der Waals surface area contributed by atoms with Gasteiger partial charge in [-0.1, -0.05) is 103 Å². The van der Waals surface area contributed by atoms with Gasteiger partial charge in [0.2, 0.25) is 0 Å². The lowest BCUT2D eigenvalue weighted by molar-refractivity contribution is 0.303. The van der Waals surface area contributed by atoms with Gasteiger partial charge in [0.15, 0.2) is 4.90 Å². The summed E-state index contributed by atoms with van der Waals surface area (Å²) >= 11 is -1.03. The molecular weight excluding hydrogens is 378 g/mol. The van der Waals surface area contributed by atoms with E-state index in [1.807, 2.05) is 12.1 Å². The average molecular weight is 424 g/mol. The van der Waals surface area contributed by atoms with Crippen LogP contribution in [0, 0.1) is 0 Å². The minimum Gasteiger partial charge on any atom is -0.612 e. The Labute approximate surface area is 183 Å². The molecule has 0 aliphatic rings. The largest absolute Gasteiger partial charge is 0.612 e. The third-order valence-electron chi connectivity index (χ3n) is 5.50. The second kappa shape index (κ2) is 17.9. The molecule has 0 radical (unpaired) electrons. The van der Waals surface area contributed by atoms with Crippen LogP contribution >= 0.6 is 0 Å². The van der Waals surface area contributed by atoms with Crippen molar-refractivity contribution < 1.29 is 9.29 Å². The van der Waals surface area contributed by atoms with E-state index < -0.39 is 11.2 Å². The van der Waals surface area contributed by atoms with Crippen molar-refractivity contribution in [3.8, 4) is 5.75 Å². The summed E-state index contributed by atoms with van der Waals surface area (Å²) in [5.41, 5.74) is 6.46. The first-order valence-electron chi connectivity index (χ1n) is 12.0. The maximum atomic E-state index is 11.6. The van der Waals surface area contributed by atoms with Crippen molar-refractivity contribution in [3.63, 3.8) is 0 Å². The smallest absolute Gasteiger partial charge is 0.158 e. The van der Waals surface area contributed by atoms with Crippen LogP contribution in [0.4, 0.5) is 5.69 Å². The van der Waals surface area contributed by atoms with Gasteiger partial charge in [-0.25, -0.2) is 0 Å². The van der Waals surface area contributed by atoms with Crippen molar-refractivity contribution >= 4 is 16.9 Å². The van der Waals surface area contributed by atoms with Crippen LogP contribution in [0.15, 0.2) is 23.1 Å². The van der Waals surface area contributed by atoms with Crippen molar-refractivity contribution in [2.75, 3.05) is 18.6 Å². The number of anilines is 1. The molecule has 1 aromatic rings. The van der Waals surface area contributed by atoms with Gasteiger partial charge in [0, 0.05) is 23.9 Å². The van der Waals surface area contributed by atoms with Crippen LogP contribution in [-0.4, -0.2) is 17.4 Å². The molecule has 0 aromatic heterocycles. The zero-order valence-electron chi connectivity index (χ0n) is 19.1. The van der Waals surface area contributed by atoms with E-state index in [-0.39, 0.29) is 0 Å². The molecule has 0 fully saturated rings.